The van der Waals surface area contributed by atoms with E-state index in [1.54, 1.807) is 0 Å². The predicted molar refractivity (Wildman–Crippen MR) is 264 cm³/mol. The van der Waals surface area contributed by atoms with Crippen LogP contribution in [0.3, 0.4) is 0 Å². The van der Waals surface area contributed by atoms with Gasteiger partial charge in [0.25, 0.3) is 0 Å². The maximum Gasteiger partial charge on any atom is 0.0714 e. The molecule has 1 aromatic heterocycles. The van der Waals surface area contributed by atoms with Gasteiger partial charge in [-0.1, -0.05) is 188 Å². The number of benzene rings is 10. The fourth-order valence-corrected chi connectivity index (χ4v) is 10.3. The molecule has 296 valence electrons. The number of para-hydroxylation sites is 3. The molecule has 0 unspecified atom stereocenters. The van der Waals surface area contributed by atoms with Gasteiger partial charge in [-0.25, -0.2) is 0 Å². The van der Waals surface area contributed by atoms with E-state index < -0.39 is 5.41 Å². The molecule has 1 aliphatic carbocycles. The van der Waals surface area contributed by atoms with E-state index in [0.29, 0.717) is 0 Å². The van der Waals surface area contributed by atoms with Gasteiger partial charge < -0.3 is 9.47 Å². The van der Waals surface area contributed by atoms with Crippen molar-refractivity contribution in [1.29, 1.82) is 0 Å². The molecule has 2 heteroatoms. The molecule has 0 spiro atoms. The molecule has 0 saturated heterocycles. The highest BCUT2D eigenvalue weighted by atomic mass is 15.1. The number of hydrogen-bond acceptors (Lipinski definition) is 1. The summed E-state index contributed by atoms with van der Waals surface area (Å²) in [6, 6.07) is 93.1. The minimum Gasteiger partial charge on any atom is -0.310 e. The minimum atomic E-state index is -0.482. The first-order chi connectivity index (χ1) is 31.3. The molecule has 1 heterocycles. The summed E-state index contributed by atoms with van der Waals surface area (Å²) in [5, 5.41) is 2.52. The van der Waals surface area contributed by atoms with E-state index in [2.05, 4.69) is 264 Å². The smallest absolute Gasteiger partial charge is 0.0714 e. The SMILES string of the molecule is c1ccc(N(c2ccc(-c3cccc(-c4ccc5c6ccccc6n(-c6ccccc6)c5c4)c3)cc2)c2ccc3c(c2)C(c2ccccc2)(c2ccccc2)c2ccccc2-3)cc1. The van der Waals surface area contributed by atoms with Crippen molar-refractivity contribution in [3.63, 3.8) is 0 Å². The summed E-state index contributed by atoms with van der Waals surface area (Å²) >= 11 is 0. The van der Waals surface area contributed by atoms with Gasteiger partial charge in [0.05, 0.1) is 16.4 Å². The lowest BCUT2D eigenvalue weighted by Gasteiger charge is -2.35. The summed E-state index contributed by atoms with van der Waals surface area (Å²) in [5.41, 5.74) is 18.8. The largest absolute Gasteiger partial charge is 0.310 e. The number of nitrogens with zero attached hydrogens (tertiary/aromatic N) is 2. The van der Waals surface area contributed by atoms with Crippen molar-refractivity contribution in [2.24, 2.45) is 0 Å². The van der Waals surface area contributed by atoms with Crippen LogP contribution in [-0.2, 0) is 5.41 Å². The fraction of sp³-hybridized carbons (Fsp3) is 0.0164. The molecule has 11 aromatic rings. The van der Waals surface area contributed by atoms with Crippen molar-refractivity contribution in [3.05, 3.63) is 277 Å². The highest BCUT2D eigenvalue weighted by Gasteiger charge is 2.46. The highest BCUT2D eigenvalue weighted by Crippen LogP contribution is 2.57. The summed E-state index contributed by atoms with van der Waals surface area (Å²) in [6.45, 7) is 0. The summed E-state index contributed by atoms with van der Waals surface area (Å²) in [7, 11) is 0. The molecule has 0 aliphatic heterocycles. The Hall–Kier alpha value is -8.20. The zero-order valence-corrected chi connectivity index (χ0v) is 34.6. The van der Waals surface area contributed by atoms with E-state index in [1.807, 2.05) is 0 Å². The molecular weight excluding hydrogens is 761 g/mol. The third-order valence-corrected chi connectivity index (χ3v) is 13.1. The predicted octanol–water partition coefficient (Wildman–Crippen LogP) is 16.0. The average Bonchev–Trinajstić information content (AvgIpc) is 3.86. The second kappa shape index (κ2) is 15.1. The Balaban J connectivity index is 0.952. The Morgan fingerprint density at radius 1 is 0.302 bits per heavy atom. The Morgan fingerprint density at radius 3 is 1.56 bits per heavy atom. The molecule has 63 heavy (non-hydrogen) atoms. The Morgan fingerprint density at radius 2 is 0.825 bits per heavy atom. The van der Waals surface area contributed by atoms with E-state index in [1.165, 1.54) is 77.4 Å². The average molecular weight is 803 g/mol. The summed E-state index contributed by atoms with van der Waals surface area (Å²) in [5.74, 6) is 0. The zero-order chi connectivity index (χ0) is 41.7. The lowest BCUT2D eigenvalue weighted by atomic mass is 9.67. The monoisotopic (exact) mass is 802 g/mol. The van der Waals surface area contributed by atoms with Gasteiger partial charge >= 0.3 is 0 Å². The molecule has 0 bridgehead atoms. The Bertz CT molecular complexity index is 3380. The van der Waals surface area contributed by atoms with Crippen molar-refractivity contribution < 1.29 is 0 Å². The van der Waals surface area contributed by atoms with E-state index in [0.717, 1.165) is 22.7 Å². The van der Waals surface area contributed by atoms with Gasteiger partial charge in [0.15, 0.2) is 0 Å². The first-order valence-corrected chi connectivity index (χ1v) is 21.8. The molecule has 0 N–H and O–H groups in total. The molecule has 0 fully saturated rings. The molecule has 0 saturated carbocycles. The van der Waals surface area contributed by atoms with Crippen molar-refractivity contribution >= 4 is 38.9 Å². The molecule has 0 amide bonds. The van der Waals surface area contributed by atoms with Crippen LogP contribution in [0.2, 0.25) is 0 Å². The summed E-state index contributed by atoms with van der Waals surface area (Å²) in [6.07, 6.45) is 0. The quantitative estimate of drug-likeness (QED) is 0.149. The van der Waals surface area contributed by atoms with E-state index in [9.17, 15) is 0 Å². The first-order valence-electron chi connectivity index (χ1n) is 21.8. The van der Waals surface area contributed by atoms with Crippen LogP contribution in [0.1, 0.15) is 22.3 Å². The molecule has 0 radical (unpaired) electrons. The normalized spacial score (nSPS) is 12.6. The van der Waals surface area contributed by atoms with Crippen molar-refractivity contribution in [2.75, 3.05) is 4.90 Å². The van der Waals surface area contributed by atoms with Gasteiger partial charge in [0.2, 0.25) is 0 Å². The summed E-state index contributed by atoms with van der Waals surface area (Å²) < 4.78 is 2.39. The number of aromatic nitrogens is 1. The summed E-state index contributed by atoms with van der Waals surface area (Å²) in [4.78, 5) is 2.39. The van der Waals surface area contributed by atoms with Crippen LogP contribution in [0.5, 0.6) is 0 Å². The minimum absolute atomic E-state index is 0.482. The highest BCUT2D eigenvalue weighted by molar-refractivity contribution is 6.10. The fourth-order valence-electron chi connectivity index (χ4n) is 10.3. The van der Waals surface area contributed by atoms with Crippen LogP contribution in [0.4, 0.5) is 17.1 Å². The third kappa shape index (κ3) is 5.95. The van der Waals surface area contributed by atoms with Crippen molar-refractivity contribution in [2.45, 2.75) is 5.41 Å². The lowest BCUT2D eigenvalue weighted by molar-refractivity contribution is 0.768. The van der Waals surface area contributed by atoms with Crippen LogP contribution < -0.4 is 4.90 Å². The number of hydrogen-bond donors (Lipinski definition) is 0. The van der Waals surface area contributed by atoms with Gasteiger partial charge in [0.1, 0.15) is 0 Å². The zero-order valence-electron chi connectivity index (χ0n) is 34.6. The van der Waals surface area contributed by atoms with Gasteiger partial charge in [-0.3, -0.25) is 0 Å². The first kappa shape index (κ1) is 36.6. The molecule has 2 nitrogen and oxygen atoms in total. The van der Waals surface area contributed by atoms with E-state index in [4.69, 9.17) is 0 Å². The maximum absolute atomic E-state index is 2.44. The molecular formula is C61H42N2. The van der Waals surface area contributed by atoms with Crippen LogP contribution in [-0.4, -0.2) is 4.57 Å². The van der Waals surface area contributed by atoms with Crippen LogP contribution in [0.15, 0.2) is 255 Å². The van der Waals surface area contributed by atoms with E-state index >= 15 is 0 Å². The van der Waals surface area contributed by atoms with E-state index in [-0.39, 0.29) is 0 Å². The molecule has 0 atom stereocenters. The van der Waals surface area contributed by atoms with Crippen molar-refractivity contribution in [1.82, 2.24) is 4.57 Å². The second-order valence-electron chi connectivity index (χ2n) is 16.5. The third-order valence-electron chi connectivity index (χ3n) is 13.1. The molecule has 10 aromatic carbocycles. The maximum atomic E-state index is 2.44. The van der Waals surface area contributed by atoms with Gasteiger partial charge in [-0.2, -0.15) is 0 Å². The van der Waals surface area contributed by atoms with Gasteiger partial charge in [-0.05, 0) is 122 Å². The second-order valence-corrected chi connectivity index (χ2v) is 16.5. The van der Waals surface area contributed by atoms with Crippen LogP contribution in [0, 0.1) is 0 Å². The molecule has 1 aliphatic rings. The number of fused-ring (bicyclic) bond motifs is 6. The Labute approximate surface area is 368 Å². The topological polar surface area (TPSA) is 8.17 Å². The van der Waals surface area contributed by atoms with Crippen LogP contribution >= 0.6 is 0 Å². The van der Waals surface area contributed by atoms with Crippen molar-refractivity contribution in [3.8, 4) is 39.1 Å². The van der Waals surface area contributed by atoms with Crippen LogP contribution in [0.25, 0.3) is 60.9 Å². The van der Waals surface area contributed by atoms with Gasteiger partial charge in [-0.15, -0.1) is 0 Å². The molecule has 12 rings (SSSR count). The number of rotatable bonds is 8. The lowest BCUT2D eigenvalue weighted by Crippen LogP contribution is -2.28. The Kier molecular flexibility index (Phi) is 8.76. The number of anilines is 3. The standard InChI is InChI=1S/C61H42N2/c1-5-20-47(21-6-1)61(48-22-7-2-8-23-48)57-30-15-13-28-53(57)54-39-37-52(42-58(54)61)62(49-24-9-3-10-25-49)51-35-32-43(33-36-51)44-18-17-19-45(40-44)46-34-38-56-55-29-14-16-31-59(55)63(60(56)41-46)50-26-11-4-12-27-50/h1-42H. The van der Waals surface area contributed by atoms with Gasteiger partial charge in [0, 0.05) is 33.5 Å².